The Morgan fingerprint density at radius 3 is 2.59 bits per heavy atom. The summed E-state index contributed by atoms with van der Waals surface area (Å²) in [6.07, 6.45) is 0. The molecule has 0 radical (unpaired) electrons. The summed E-state index contributed by atoms with van der Waals surface area (Å²) in [4.78, 5) is 13.5. The van der Waals surface area contributed by atoms with Crippen LogP contribution in [0.1, 0.15) is 0 Å². The third kappa shape index (κ3) is 2.12. The van der Waals surface area contributed by atoms with Crippen LogP contribution < -0.4 is 15.2 Å². The number of hydrogen-bond donors (Lipinski definition) is 2. The lowest BCUT2D eigenvalue weighted by Gasteiger charge is -2.10. The number of H-pyrrole nitrogens is 2. The Morgan fingerprint density at radius 2 is 2.06 bits per heavy atom. The molecule has 0 unspecified atom stereocenters. The van der Waals surface area contributed by atoms with Crippen molar-refractivity contribution in [3.05, 3.63) is 27.6 Å². The average Bonchev–Trinajstić information content (AvgIpc) is 2.74. The summed E-state index contributed by atoms with van der Waals surface area (Å²) in [6, 6.07) is 3.31. The molecule has 2 N–H and O–H groups in total. The second-order valence-corrected chi connectivity index (χ2v) is 3.63. The molecular formula is C10H10ClN3O3. The maximum atomic E-state index is 11.0. The highest BCUT2D eigenvalue weighted by atomic mass is 35.5. The van der Waals surface area contributed by atoms with Gasteiger partial charge in [-0.05, 0) is 12.1 Å². The van der Waals surface area contributed by atoms with E-state index in [1.807, 2.05) is 0 Å². The second-order valence-electron chi connectivity index (χ2n) is 3.22. The fourth-order valence-electron chi connectivity index (χ4n) is 1.46. The van der Waals surface area contributed by atoms with Crippen molar-refractivity contribution in [3.63, 3.8) is 0 Å². The highest BCUT2D eigenvalue weighted by molar-refractivity contribution is 6.32. The summed E-state index contributed by atoms with van der Waals surface area (Å²) in [5, 5.41) is 6.47. The van der Waals surface area contributed by atoms with Gasteiger partial charge in [0, 0.05) is 5.56 Å². The zero-order valence-electron chi connectivity index (χ0n) is 9.20. The van der Waals surface area contributed by atoms with Gasteiger partial charge < -0.3 is 9.47 Å². The normalized spacial score (nSPS) is 10.3. The van der Waals surface area contributed by atoms with Crippen molar-refractivity contribution in [2.45, 2.75) is 0 Å². The third-order valence-corrected chi connectivity index (χ3v) is 2.49. The van der Waals surface area contributed by atoms with E-state index < -0.39 is 0 Å². The van der Waals surface area contributed by atoms with Crippen molar-refractivity contribution in [1.29, 1.82) is 0 Å². The van der Waals surface area contributed by atoms with Gasteiger partial charge in [-0.25, -0.2) is 9.89 Å². The molecule has 0 amide bonds. The zero-order chi connectivity index (χ0) is 12.4. The molecule has 1 aromatic heterocycles. The van der Waals surface area contributed by atoms with Gasteiger partial charge in [-0.3, -0.25) is 4.98 Å². The van der Waals surface area contributed by atoms with E-state index in [4.69, 9.17) is 21.1 Å². The van der Waals surface area contributed by atoms with E-state index in [9.17, 15) is 4.79 Å². The van der Waals surface area contributed by atoms with E-state index in [0.717, 1.165) is 0 Å². The quantitative estimate of drug-likeness (QED) is 0.870. The Kier molecular flexibility index (Phi) is 3.06. The minimum Gasteiger partial charge on any atom is -0.493 e. The monoisotopic (exact) mass is 255 g/mol. The Balaban J connectivity index is 2.57. The number of nitrogens with one attached hydrogen (secondary N) is 2. The first kappa shape index (κ1) is 11.5. The van der Waals surface area contributed by atoms with Gasteiger partial charge in [-0.15, -0.1) is 0 Å². The Hall–Kier alpha value is -1.95. The van der Waals surface area contributed by atoms with Crippen LogP contribution in [0.25, 0.3) is 11.4 Å². The molecule has 0 spiro atoms. The van der Waals surface area contributed by atoms with Crippen LogP contribution in [0.5, 0.6) is 11.5 Å². The number of nitrogens with zero attached hydrogens (tertiary/aromatic N) is 1. The van der Waals surface area contributed by atoms with Crippen LogP contribution in [0.15, 0.2) is 16.9 Å². The largest absolute Gasteiger partial charge is 0.493 e. The molecule has 2 rings (SSSR count). The van der Waals surface area contributed by atoms with E-state index in [-0.39, 0.29) is 5.69 Å². The van der Waals surface area contributed by atoms with Gasteiger partial charge in [0.15, 0.2) is 17.3 Å². The summed E-state index contributed by atoms with van der Waals surface area (Å²) >= 11 is 6.04. The van der Waals surface area contributed by atoms with Crippen molar-refractivity contribution in [3.8, 4) is 22.9 Å². The minimum absolute atomic E-state index is 0.380. The number of aromatic amines is 2. The Bertz CT molecular complexity index is 591. The Morgan fingerprint density at radius 1 is 1.29 bits per heavy atom. The topological polar surface area (TPSA) is 80.0 Å². The molecule has 0 bridgehead atoms. The summed E-state index contributed by atoms with van der Waals surface area (Å²) in [6.45, 7) is 0. The number of methoxy groups -OCH3 is 2. The average molecular weight is 256 g/mol. The SMILES string of the molecule is COc1cc(-c2n[nH]c(=O)[nH]2)cc(Cl)c1OC. The molecule has 7 heteroatoms. The van der Waals surface area contributed by atoms with Gasteiger partial charge in [-0.2, -0.15) is 5.10 Å². The smallest absolute Gasteiger partial charge is 0.340 e. The molecule has 2 aromatic rings. The number of hydrogen-bond acceptors (Lipinski definition) is 4. The van der Waals surface area contributed by atoms with Gasteiger partial charge in [-0.1, -0.05) is 11.6 Å². The minimum atomic E-state index is -0.383. The molecule has 1 heterocycles. The predicted molar refractivity (Wildman–Crippen MR) is 62.8 cm³/mol. The lowest BCUT2D eigenvalue weighted by atomic mass is 10.2. The number of benzene rings is 1. The molecule has 0 aliphatic carbocycles. The Labute approximate surface area is 102 Å². The lowest BCUT2D eigenvalue weighted by Crippen LogP contribution is -2.00. The molecule has 90 valence electrons. The van der Waals surface area contributed by atoms with Gasteiger partial charge in [0.05, 0.1) is 19.2 Å². The molecule has 1 aromatic carbocycles. The standard InChI is InChI=1S/C10H10ClN3O3/c1-16-7-4-5(3-6(11)8(7)17-2)9-12-10(15)14-13-9/h3-4H,1-2H3,(H2,12,13,14,15). The fraction of sp³-hybridized carbons (Fsp3) is 0.200. The van der Waals surface area contributed by atoms with E-state index >= 15 is 0 Å². The fourth-order valence-corrected chi connectivity index (χ4v) is 1.75. The lowest BCUT2D eigenvalue weighted by molar-refractivity contribution is 0.355. The van der Waals surface area contributed by atoms with Crippen molar-refractivity contribution < 1.29 is 9.47 Å². The van der Waals surface area contributed by atoms with Crippen molar-refractivity contribution in [2.75, 3.05) is 14.2 Å². The second kappa shape index (κ2) is 4.50. The molecular weight excluding hydrogens is 246 g/mol. The molecule has 0 saturated heterocycles. The summed E-state index contributed by atoms with van der Waals surface area (Å²) < 4.78 is 10.3. The van der Waals surface area contributed by atoms with Crippen molar-refractivity contribution in [1.82, 2.24) is 15.2 Å². The van der Waals surface area contributed by atoms with Crippen LogP contribution in [-0.4, -0.2) is 29.4 Å². The van der Waals surface area contributed by atoms with E-state index in [2.05, 4.69) is 15.2 Å². The van der Waals surface area contributed by atoms with Gasteiger partial charge in [0.25, 0.3) is 0 Å². The molecule has 17 heavy (non-hydrogen) atoms. The van der Waals surface area contributed by atoms with Crippen LogP contribution in [0.2, 0.25) is 5.02 Å². The van der Waals surface area contributed by atoms with Crippen LogP contribution in [-0.2, 0) is 0 Å². The molecule has 0 atom stereocenters. The van der Waals surface area contributed by atoms with E-state index in [0.29, 0.717) is 27.9 Å². The summed E-state index contributed by atoms with van der Waals surface area (Å²) in [7, 11) is 3.01. The van der Waals surface area contributed by atoms with Gasteiger partial charge >= 0.3 is 5.69 Å². The predicted octanol–water partition coefficient (Wildman–Crippen LogP) is 1.44. The van der Waals surface area contributed by atoms with Gasteiger partial charge in [0.1, 0.15) is 0 Å². The van der Waals surface area contributed by atoms with Crippen LogP contribution in [0.3, 0.4) is 0 Å². The maximum absolute atomic E-state index is 11.0. The van der Waals surface area contributed by atoms with Crippen LogP contribution in [0, 0.1) is 0 Å². The number of rotatable bonds is 3. The van der Waals surface area contributed by atoms with Crippen LogP contribution >= 0.6 is 11.6 Å². The number of ether oxygens (including phenoxy) is 2. The van der Waals surface area contributed by atoms with Crippen molar-refractivity contribution in [2.24, 2.45) is 0 Å². The molecule has 0 fully saturated rings. The highest BCUT2D eigenvalue weighted by Gasteiger charge is 2.13. The highest BCUT2D eigenvalue weighted by Crippen LogP contribution is 2.38. The third-order valence-electron chi connectivity index (χ3n) is 2.21. The maximum Gasteiger partial charge on any atom is 0.340 e. The first-order valence-corrected chi connectivity index (χ1v) is 5.10. The first-order chi connectivity index (χ1) is 8.15. The molecule has 0 aliphatic rings. The summed E-state index contributed by atoms with van der Waals surface area (Å²) in [5.74, 6) is 1.30. The number of aromatic nitrogens is 3. The number of halogens is 1. The van der Waals surface area contributed by atoms with Crippen molar-refractivity contribution >= 4 is 11.6 Å². The van der Waals surface area contributed by atoms with E-state index in [1.165, 1.54) is 14.2 Å². The summed E-state index contributed by atoms with van der Waals surface area (Å²) in [5.41, 5.74) is 0.247. The molecule has 0 saturated carbocycles. The molecule has 0 aliphatic heterocycles. The van der Waals surface area contributed by atoms with Crippen LogP contribution in [0.4, 0.5) is 0 Å². The van der Waals surface area contributed by atoms with Gasteiger partial charge in [0.2, 0.25) is 0 Å². The first-order valence-electron chi connectivity index (χ1n) is 4.72. The zero-order valence-corrected chi connectivity index (χ0v) is 9.96. The van der Waals surface area contributed by atoms with E-state index in [1.54, 1.807) is 12.1 Å². The molecule has 6 nitrogen and oxygen atoms in total.